The Morgan fingerprint density at radius 3 is 2.25 bits per heavy atom. The molecule has 0 amide bonds. The normalized spacial score (nSPS) is 24.2. The zero-order chi connectivity index (χ0) is 14.6. The van der Waals surface area contributed by atoms with Crippen LogP contribution >= 0.6 is 0 Å². The molecule has 20 heavy (non-hydrogen) atoms. The van der Waals surface area contributed by atoms with E-state index in [0.717, 1.165) is 12.2 Å². The van der Waals surface area contributed by atoms with Gasteiger partial charge in [-0.15, -0.1) is 0 Å². The van der Waals surface area contributed by atoms with E-state index in [9.17, 15) is 0 Å². The van der Waals surface area contributed by atoms with Gasteiger partial charge in [-0.05, 0) is 49.4 Å². The summed E-state index contributed by atoms with van der Waals surface area (Å²) in [6.45, 7) is 6.72. The van der Waals surface area contributed by atoms with Crippen LogP contribution in [0.15, 0.2) is 24.3 Å². The van der Waals surface area contributed by atoms with Crippen LogP contribution in [0.5, 0.6) is 5.75 Å². The molecule has 0 aromatic heterocycles. The fraction of sp³-hybridized carbons (Fsp3) is 0.667. The first-order chi connectivity index (χ1) is 9.50. The van der Waals surface area contributed by atoms with E-state index in [-0.39, 0.29) is 5.41 Å². The van der Waals surface area contributed by atoms with Gasteiger partial charge >= 0.3 is 0 Å². The minimum atomic E-state index is 0.203. The van der Waals surface area contributed by atoms with Crippen LogP contribution in [0, 0.1) is 0 Å². The van der Waals surface area contributed by atoms with Gasteiger partial charge in [0, 0.05) is 6.04 Å². The van der Waals surface area contributed by atoms with Crippen LogP contribution in [0.2, 0.25) is 0 Å². The maximum atomic E-state index is 6.24. The van der Waals surface area contributed by atoms with Gasteiger partial charge in [-0.1, -0.05) is 45.7 Å². The van der Waals surface area contributed by atoms with Crippen molar-refractivity contribution in [1.29, 1.82) is 0 Å². The number of hydrogen-bond acceptors (Lipinski definition) is 2. The van der Waals surface area contributed by atoms with Gasteiger partial charge < -0.3 is 10.1 Å². The summed E-state index contributed by atoms with van der Waals surface area (Å²) >= 11 is 0. The number of hydrogen-bond donors (Lipinski definition) is 1. The molecule has 112 valence electrons. The number of benzene rings is 1. The summed E-state index contributed by atoms with van der Waals surface area (Å²) in [6, 6.07) is 9.12. The smallest absolute Gasteiger partial charge is 0.119 e. The zero-order valence-electron chi connectivity index (χ0n) is 13.4. The van der Waals surface area contributed by atoms with Crippen molar-refractivity contribution in [2.24, 2.45) is 0 Å². The highest BCUT2D eigenvalue weighted by molar-refractivity contribution is 5.31. The molecule has 0 spiro atoms. The lowest BCUT2D eigenvalue weighted by molar-refractivity contribution is 0.149. The molecule has 2 atom stereocenters. The summed E-state index contributed by atoms with van der Waals surface area (Å²) in [6.07, 6.45) is 6.62. The molecule has 2 heteroatoms. The van der Waals surface area contributed by atoms with Crippen molar-refractivity contribution in [1.82, 2.24) is 5.32 Å². The highest BCUT2D eigenvalue weighted by Crippen LogP contribution is 2.27. The van der Waals surface area contributed by atoms with Crippen molar-refractivity contribution in [3.8, 4) is 5.75 Å². The van der Waals surface area contributed by atoms with Crippen molar-refractivity contribution < 1.29 is 4.74 Å². The van der Waals surface area contributed by atoms with Crippen LogP contribution in [0.4, 0.5) is 0 Å². The molecule has 1 aromatic carbocycles. The second-order valence-corrected chi connectivity index (χ2v) is 6.96. The molecule has 0 radical (unpaired) electrons. The van der Waals surface area contributed by atoms with Gasteiger partial charge in [-0.3, -0.25) is 0 Å². The Labute approximate surface area is 123 Å². The highest BCUT2D eigenvalue weighted by Gasteiger charge is 2.24. The summed E-state index contributed by atoms with van der Waals surface area (Å²) < 4.78 is 6.24. The van der Waals surface area contributed by atoms with Crippen molar-refractivity contribution in [2.75, 3.05) is 7.05 Å². The van der Waals surface area contributed by atoms with Crippen molar-refractivity contribution in [3.05, 3.63) is 29.8 Å². The Bertz CT molecular complexity index is 404. The first kappa shape index (κ1) is 15.4. The van der Waals surface area contributed by atoms with Crippen LogP contribution in [0.1, 0.15) is 58.4 Å². The first-order valence-electron chi connectivity index (χ1n) is 7.95. The van der Waals surface area contributed by atoms with E-state index in [1.54, 1.807) is 0 Å². The van der Waals surface area contributed by atoms with Gasteiger partial charge in [-0.2, -0.15) is 0 Å². The van der Waals surface area contributed by atoms with Gasteiger partial charge in [0.2, 0.25) is 0 Å². The summed E-state index contributed by atoms with van der Waals surface area (Å²) in [5.74, 6) is 1.00. The fourth-order valence-corrected chi connectivity index (χ4v) is 2.95. The molecular weight excluding hydrogens is 246 g/mol. The third-order valence-electron chi connectivity index (χ3n) is 4.33. The Kier molecular flexibility index (Phi) is 5.09. The number of likely N-dealkylation sites (N-methyl/N-ethyl adjacent to an activating group) is 1. The molecule has 2 unspecified atom stereocenters. The van der Waals surface area contributed by atoms with Crippen LogP contribution in [-0.4, -0.2) is 19.2 Å². The van der Waals surface area contributed by atoms with Crippen molar-refractivity contribution in [2.45, 2.75) is 70.4 Å². The maximum Gasteiger partial charge on any atom is 0.119 e. The molecule has 0 aliphatic heterocycles. The van der Waals surface area contributed by atoms with Gasteiger partial charge in [0.25, 0.3) is 0 Å². The molecule has 1 N–H and O–H groups in total. The van der Waals surface area contributed by atoms with Gasteiger partial charge in [0.1, 0.15) is 11.9 Å². The van der Waals surface area contributed by atoms with Crippen LogP contribution in [0.3, 0.4) is 0 Å². The van der Waals surface area contributed by atoms with Crippen LogP contribution < -0.4 is 10.1 Å². The lowest BCUT2D eigenvalue weighted by Crippen LogP contribution is -2.40. The molecule has 1 fully saturated rings. The molecule has 0 saturated heterocycles. The molecule has 0 heterocycles. The quantitative estimate of drug-likeness (QED) is 0.831. The fourth-order valence-electron chi connectivity index (χ4n) is 2.95. The average Bonchev–Trinajstić information content (AvgIpc) is 2.63. The third kappa shape index (κ3) is 3.99. The van der Waals surface area contributed by atoms with Crippen LogP contribution in [-0.2, 0) is 5.41 Å². The van der Waals surface area contributed by atoms with E-state index in [1.807, 2.05) is 0 Å². The molecule has 1 aromatic rings. The summed E-state index contributed by atoms with van der Waals surface area (Å²) in [5.41, 5.74) is 1.56. The van der Waals surface area contributed by atoms with Crippen molar-refractivity contribution >= 4 is 0 Å². The van der Waals surface area contributed by atoms with E-state index in [4.69, 9.17) is 4.74 Å². The van der Waals surface area contributed by atoms with Crippen LogP contribution in [0.25, 0.3) is 0 Å². The summed E-state index contributed by atoms with van der Waals surface area (Å²) in [5, 5.41) is 3.42. The first-order valence-corrected chi connectivity index (χ1v) is 7.95. The Morgan fingerprint density at radius 1 is 1.00 bits per heavy atom. The molecule has 0 bridgehead atoms. The second-order valence-electron chi connectivity index (χ2n) is 6.96. The number of nitrogens with one attached hydrogen (secondary N) is 1. The zero-order valence-corrected chi connectivity index (χ0v) is 13.4. The van der Waals surface area contributed by atoms with Crippen molar-refractivity contribution in [3.63, 3.8) is 0 Å². The minimum Gasteiger partial charge on any atom is -0.489 e. The van der Waals surface area contributed by atoms with E-state index in [1.165, 1.54) is 31.2 Å². The highest BCUT2D eigenvalue weighted by atomic mass is 16.5. The minimum absolute atomic E-state index is 0.203. The van der Waals surface area contributed by atoms with E-state index >= 15 is 0 Å². The largest absolute Gasteiger partial charge is 0.489 e. The van der Waals surface area contributed by atoms with Gasteiger partial charge in [-0.25, -0.2) is 0 Å². The van der Waals surface area contributed by atoms with E-state index in [0.29, 0.717) is 12.1 Å². The molecule has 2 rings (SSSR count). The summed E-state index contributed by atoms with van der Waals surface area (Å²) in [7, 11) is 2.05. The molecule has 1 aliphatic rings. The molecule has 2 nitrogen and oxygen atoms in total. The monoisotopic (exact) mass is 275 g/mol. The summed E-state index contributed by atoms with van der Waals surface area (Å²) in [4.78, 5) is 0. The van der Waals surface area contributed by atoms with Gasteiger partial charge in [0.05, 0.1) is 0 Å². The maximum absolute atomic E-state index is 6.24. The molecular formula is C18H29NO. The molecule has 1 aliphatic carbocycles. The second kappa shape index (κ2) is 6.62. The van der Waals surface area contributed by atoms with Gasteiger partial charge in [0.15, 0.2) is 0 Å². The number of ether oxygens (including phenoxy) is 1. The third-order valence-corrected chi connectivity index (χ3v) is 4.33. The standard InChI is InChI=1S/C18H29NO/c1-18(2,3)14-10-12-15(13-11-14)20-17-9-7-5-6-8-16(17)19-4/h10-13,16-17,19H,5-9H2,1-4H3. The topological polar surface area (TPSA) is 21.3 Å². The lowest BCUT2D eigenvalue weighted by Gasteiger charge is -2.26. The predicted molar refractivity (Wildman–Crippen MR) is 85.5 cm³/mol. The van der Waals surface area contributed by atoms with E-state index < -0.39 is 0 Å². The lowest BCUT2D eigenvalue weighted by atomic mass is 9.87. The SMILES string of the molecule is CNC1CCCCCC1Oc1ccc(C(C)(C)C)cc1. The average molecular weight is 275 g/mol. The van der Waals surface area contributed by atoms with E-state index in [2.05, 4.69) is 57.4 Å². The Hall–Kier alpha value is -1.02. The Balaban J connectivity index is 2.04. The molecule has 1 saturated carbocycles. The predicted octanol–water partition coefficient (Wildman–Crippen LogP) is 4.28. The Morgan fingerprint density at radius 2 is 1.65 bits per heavy atom. The number of rotatable bonds is 3.